The lowest BCUT2D eigenvalue weighted by Gasteiger charge is -2.08. The molecule has 0 spiro atoms. The average Bonchev–Trinajstić information content (AvgIpc) is 2.63. The number of hydrogen-bond acceptors (Lipinski definition) is 4. The summed E-state index contributed by atoms with van der Waals surface area (Å²) in [5, 5.41) is 4.05. The summed E-state index contributed by atoms with van der Waals surface area (Å²) in [6.45, 7) is 1.86. The van der Waals surface area contributed by atoms with Crippen molar-refractivity contribution in [3.05, 3.63) is 59.4 Å². The highest BCUT2D eigenvalue weighted by molar-refractivity contribution is 6.43. The van der Waals surface area contributed by atoms with Crippen molar-refractivity contribution in [2.75, 3.05) is 17.2 Å². The molecule has 0 atom stereocenters. The highest BCUT2D eigenvalue weighted by Gasteiger charge is 2.19. The molecule has 0 unspecified atom stereocenters. The molecule has 2 rings (SSSR count). The maximum atomic E-state index is 13.5. The lowest BCUT2D eigenvalue weighted by atomic mass is 10.2. The first-order chi connectivity index (χ1) is 12.3. The molecule has 9 heteroatoms. The second-order valence-corrected chi connectivity index (χ2v) is 4.93. The van der Waals surface area contributed by atoms with Crippen molar-refractivity contribution in [2.45, 2.75) is 6.92 Å². The van der Waals surface area contributed by atoms with Crippen molar-refractivity contribution in [1.29, 1.82) is 0 Å². The second kappa shape index (κ2) is 8.15. The Kier molecular flexibility index (Phi) is 5.94. The van der Waals surface area contributed by atoms with E-state index in [-0.39, 0.29) is 17.9 Å². The van der Waals surface area contributed by atoms with E-state index in [2.05, 4.69) is 5.32 Å². The summed E-state index contributed by atoms with van der Waals surface area (Å²) in [6, 6.07) is 6.86. The minimum Gasteiger partial charge on any atom is -0.462 e. The van der Waals surface area contributed by atoms with Gasteiger partial charge in [-0.15, -0.1) is 0 Å². The van der Waals surface area contributed by atoms with E-state index >= 15 is 0 Å². The number of rotatable bonds is 4. The van der Waals surface area contributed by atoms with Gasteiger partial charge >= 0.3 is 17.8 Å². The Hall–Kier alpha value is -3.36. The van der Waals surface area contributed by atoms with Crippen LogP contribution in [0.25, 0.3) is 0 Å². The normalized spacial score (nSPS) is 10.2. The molecule has 136 valence electrons. The van der Waals surface area contributed by atoms with E-state index in [1.54, 1.807) is 6.92 Å². The maximum absolute atomic E-state index is 13.5. The quantitative estimate of drug-likeness (QED) is 0.495. The van der Waals surface area contributed by atoms with Crippen molar-refractivity contribution in [3.63, 3.8) is 0 Å². The number of hydrogen-bond donors (Lipinski definition) is 2. The van der Waals surface area contributed by atoms with Crippen molar-refractivity contribution < 1.29 is 32.3 Å². The van der Waals surface area contributed by atoms with Crippen LogP contribution in [0.4, 0.5) is 24.5 Å². The lowest BCUT2D eigenvalue weighted by molar-refractivity contribution is -0.133. The van der Waals surface area contributed by atoms with Gasteiger partial charge in [-0.1, -0.05) is 0 Å². The van der Waals surface area contributed by atoms with Crippen LogP contribution in [0.15, 0.2) is 36.4 Å². The molecule has 26 heavy (non-hydrogen) atoms. The molecule has 0 saturated heterocycles. The van der Waals surface area contributed by atoms with E-state index in [1.807, 2.05) is 5.32 Å². The van der Waals surface area contributed by atoms with Crippen molar-refractivity contribution in [1.82, 2.24) is 0 Å². The van der Waals surface area contributed by atoms with Gasteiger partial charge in [0.25, 0.3) is 0 Å². The van der Waals surface area contributed by atoms with Crippen molar-refractivity contribution >= 4 is 29.2 Å². The number of amides is 2. The molecule has 2 amide bonds. The van der Waals surface area contributed by atoms with Gasteiger partial charge in [-0.3, -0.25) is 9.59 Å². The topological polar surface area (TPSA) is 84.5 Å². The molecule has 0 radical (unpaired) electrons. The first-order valence-corrected chi connectivity index (χ1v) is 7.36. The molecular formula is C17H13F3N2O4. The zero-order valence-corrected chi connectivity index (χ0v) is 13.4. The van der Waals surface area contributed by atoms with Crippen LogP contribution >= 0.6 is 0 Å². The van der Waals surface area contributed by atoms with Gasteiger partial charge in [0.1, 0.15) is 0 Å². The van der Waals surface area contributed by atoms with Gasteiger partial charge < -0.3 is 15.4 Å². The monoisotopic (exact) mass is 366 g/mol. The van der Waals surface area contributed by atoms with Gasteiger partial charge in [0, 0.05) is 5.69 Å². The second-order valence-electron chi connectivity index (χ2n) is 4.93. The fraction of sp³-hybridized carbons (Fsp3) is 0.118. The highest BCUT2D eigenvalue weighted by atomic mass is 19.2. The number of carbonyl (C=O) groups is 3. The third-order valence-corrected chi connectivity index (χ3v) is 3.14. The van der Waals surface area contributed by atoms with E-state index in [1.165, 1.54) is 24.3 Å². The van der Waals surface area contributed by atoms with E-state index in [4.69, 9.17) is 4.74 Å². The number of carbonyl (C=O) groups excluding carboxylic acids is 3. The van der Waals surface area contributed by atoms with Crippen LogP contribution in [0.2, 0.25) is 0 Å². The van der Waals surface area contributed by atoms with Crippen LogP contribution in [-0.4, -0.2) is 24.4 Å². The zero-order valence-electron chi connectivity index (χ0n) is 13.4. The molecule has 0 fully saturated rings. The minimum absolute atomic E-state index is 0.184. The molecule has 0 aromatic heterocycles. The van der Waals surface area contributed by atoms with Gasteiger partial charge in [0.2, 0.25) is 0 Å². The maximum Gasteiger partial charge on any atom is 0.338 e. The smallest absolute Gasteiger partial charge is 0.338 e. The van der Waals surface area contributed by atoms with Crippen LogP contribution < -0.4 is 10.6 Å². The number of benzene rings is 2. The summed E-state index contributed by atoms with van der Waals surface area (Å²) in [6.07, 6.45) is 0. The van der Waals surface area contributed by atoms with E-state index in [0.717, 1.165) is 6.07 Å². The van der Waals surface area contributed by atoms with Crippen LogP contribution in [0.5, 0.6) is 0 Å². The van der Waals surface area contributed by atoms with Crippen LogP contribution in [-0.2, 0) is 14.3 Å². The summed E-state index contributed by atoms with van der Waals surface area (Å²) in [7, 11) is 0. The summed E-state index contributed by atoms with van der Waals surface area (Å²) in [5.74, 6) is -7.81. The molecule has 0 aliphatic heterocycles. The third-order valence-electron chi connectivity index (χ3n) is 3.14. The first kappa shape index (κ1) is 19.0. The number of halogens is 3. The summed E-state index contributed by atoms with van der Waals surface area (Å²) < 4.78 is 44.2. The molecule has 0 bridgehead atoms. The van der Waals surface area contributed by atoms with Gasteiger partial charge in [-0.25, -0.2) is 18.0 Å². The Bertz CT molecular complexity index is 854. The number of nitrogens with one attached hydrogen (secondary N) is 2. The van der Waals surface area contributed by atoms with E-state index in [9.17, 15) is 27.6 Å². The predicted octanol–water partition coefficient (Wildman–Crippen LogP) is 2.86. The Morgan fingerprint density at radius 3 is 2.12 bits per heavy atom. The lowest BCUT2D eigenvalue weighted by Crippen LogP contribution is -2.29. The average molecular weight is 366 g/mol. The molecule has 0 aliphatic carbocycles. The van der Waals surface area contributed by atoms with Crippen LogP contribution in [0.1, 0.15) is 17.3 Å². The minimum atomic E-state index is -1.77. The predicted molar refractivity (Wildman–Crippen MR) is 86.0 cm³/mol. The molecule has 0 saturated carbocycles. The molecule has 0 aliphatic rings. The van der Waals surface area contributed by atoms with Crippen molar-refractivity contribution in [3.8, 4) is 0 Å². The fourth-order valence-corrected chi connectivity index (χ4v) is 1.89. The molecule has 2 N–H and O–H groups in total. The largest absolute Gasteiger partial charge is 0.462 e. The first-order valence-electron chi connectivity index (χ1n) is 7.36. The Morgan fingerprint density at radius 2 is 1.50 bits per heavy atom. The number of anilines is 2. The fourth-order valence-electron chi connectivity index (χ4n) is 1.89. The van der Waals surface area contributed by atoms with E-state index in [0.29, 0.717) is 6.07 Å². The van der Waals surface area contributed by atoms with E-state index < -0.39 is 40.9 Å². The number of ether oxygens (including phenoxy) is 1. The standard InChI is InChI=1S/C17H13F3N2O4/c1-2-26-17(25)9-3-5-10(6-4-9)21-15(23)16(24)22-12-8-7-11(18)13(19)14(12)20/h3-8H,2H2,1H3,(H,21,23)(H,22,24). The summed E-state index contributed by atoms with van der Waals surface area (Å²) >= 11 is 0. The Morgan fingerprint density at radius 1 is 0.885 bits per heavy atom. The molecule has 0 heterocycles. The molecule has 2 aromatic rings. The molecule has 2 aromatic carbocycles. The van der Waals surface area contributed by atoms with Gasteiger partial charge in [-0.05, 0) is 43.3 Å². The highest BCUT2D eigenvalue weighted by Crippen LogP contribution is 2.19. The van der Waals surface area contributed by atoms with Crippen LogP contribution in [0.3, 0.4) is 0 Å². The van der Waals surface area contributed by atoms with Crippen molar-refractivity contribution in [2.24, 2.45) is 0 Å². The summed E-state index contributed by atoms with van der Waals surface area (Å²) in [4.78, 5) is 35.0. The Labute approximate surface area is 146 Å². The third kappa shape index (κ3) is 4.38. The van der Waals surface area contributed by atoms with Gasteiger partial charge in [0.15, 0.2) is 17.5 Å². The molecular weight excluding hydrogens is 353 g/mol. The van der Waals surface area contributed by atoms with Gasteiger partial charge in [0.05, 0.1) is 17.9 Å². The SMILES string of the molecule is CCOC(=O)c1ccc(NC(=O)C(=O)Nc2ccc(F)c(F)c2F)cc1. The number of esters is 1. The Balaban J connectivity index is 2.02. The molecule has 6 nitrogen and oxygen atoms in total. The van der Waals surface area contributed by atoms with Gasteiger partial charge in [-0.2, -0.15) is 0 Å². The van der Waals surface area contributed by atoms with Crippen LogP contribution in [0, 0.1) is 17.5 Å². The summed E-state index contributed by atoms with van der Waals surface area (Å²) in [5.41, 5.74) is -0.246. The zero-order chi connectivity index (χ0) is 19.3.